The number of nitrogens with zero attached hydrogens (tertiary/aromatic N) is 1. The van der Waals surface area contributed by atoms with E-state index < -0.39 is 24.5 Å². The third-order valence-electron chi connectivity index (χ3n) is 1.82. The Labute approximate surface area is 91.7 Å². The molecule has 0 aliphatic carbocycles. The van der Waals surface area contributed by atoms with E-state index >= 15 is 0 Å². The summed E-state index contributed by atoms with van der Waals surface area (Å²) in [5, 5.41) is 13.1. The summed E-state index contributed by atoms with van der Waals surface area (Å²) in [5.41, 5.74) is 4.96. The van der Waals surface area contributed by atoms with Crippen LogP contribution in [0.25, 0.3) is 0 Å². The summed E-state index contributed by atoms with van der Waals surface area (Å²) < 4.78 is 37.2. The molecule has 4 N–H and O–H groups in total. The molecule has 0 heterocycles. The summed E-state index contributed by atoms with van der Waals surface area (Å²) in [5.74, 6) is 2.49. The lowest BCUT2D eigenvalue weighted by Gasteiger charge is -2.18. The van der Waals surface area contributed by atoms with Crippen LogP contribution in [0.1, 0.15) is 13.3 Å². The molecular formula is C9H14F3N3O. The van der Waals surface area contributed by atoms with Gasteiger partial charge in [-0.2, -0.15) is 13.2 Å². The Morgan fingerprint density at radius 1 is 1.56 bits per heavy atom. The van der Waals surface area contributed by atoms with Crippen molar-refractivity contribution in [3.8, 4) is 11.8 Å². The van der Waals surface area contributed by atoms with Crippen LogP contribution in [0.15, 0.2) is 5.16 Å². The molecule has 0 aliphatic rings. The van der Waals surface area contributed by atoms with E-state index in [9.17, 15) is 13.2 Å². The second kappa shape index (κ2) is 6.95. The summed E-state index contributed by atoms with van der Waals surface area (Å²) in [4.78, 5) is 0. The lowest BCUT2D eigenvalue weighted by atomic mass is 10.1. The molecule has 0 radical (unpaired) electrons. The van der Waals surface area contributed by atoms with E-state index in [1.54, 1.807) is 6.92 Å². The minimum Gasteiger partial charge on any atom is -0.409 e. The molecule has 0 aromatic heterocycles. The fraction of sp³-hybridized carbons (Fsp3) is 0.667. The molecule has 16 heavy (non-hydrogen) atoms. The summed E-state index contributed by atoms with van der Waals surface area (Å²) in [6.45, 7) is 1.55. The van der Waals surface area contributed by atoms with Gasteiger partial charge in [0.25, 0.3) is 0 Å². The SMILES string of the molecule is CC#CCCNCC(C(N)=NO)C(F)(F)F. The topological polar surface area (TPSA) is 70.6 Å². The van der Waals surface area contributed by atoms with Gasteiger partial charge < -0.3 is 16.3 Å². The maximum absolute atomic E-state index is 12.4. The molecule has 0 bridgehead atoms. The van der Waals surface area contributed by atoms with Gasteiger partial charge in [0.2, 0.25) is 0 Å². The van der Waals surface area contributed by atoms with Gasteiger partial charge in [-0.05, 0) is 6.92 Å². The highest BCUT2D eigenvalue weighted by Gasteiger charge is 2.42. The third-order valence-corrected chi connectivity index (χ3v) is 1.82. The number of halogens is 3. The molecule has 7 heteroatoms. The van der Waals surface area contributed by atoms with Crippen molar-refractivity contribution in [1.82, 2.24) is 5.32 Å². The second-order valence-corrected chi connectivity index (χ2v) is 3.00. The van der Waals surface area contributed by atoms with Gasteiger partial charge in [0.05, 0.1) is 0 Å². The Bertz CT molecular complexity index is 291. The molecule has 0 aromatic rings. The third kappa shape index (κ3) is 5.46. The van der Waals surface area contributed by atoms with Crippen LogP contribution in [0.2, 0.25) is 0 Å². The highest BCUT2D eigenvalue weighted by atomic mass is 19.4. The number of nitrogens with two attached hydrogens (primary N) is 1. The minimum absolute atomic E-state index is 0.326. The molecule has 0 fully saturated rings. The molecule has 4 nitrogen and oxygen atoms in total. The van der Waals surface area contributed by atoms with Crippen molar-refractivity contribution in [2.75, 3.05) is 13.1 Å². The summed E-state index contributed by atoms with van der Waals surface area (Å²) in [6.07, 6.45) is -4.07. The van der Waals surface area contributed by atoms with Gasteiger partial charge in [-0.1, -0.05) is 5.16 Å². The summed E-state index contributed by atoms with van der Waals surface area (Å²) >= 11 is 0. The molecule has 0 spiro atoms. The van der Waals surface area contributed by atoms with E-state index in [1.165, 1.54) is 0 Å². The first-order valence-electron chi connectivity index (χ1n) is 4.58. The molecule has 0 saturated carbocycles. The van der Waals surface area contributed by atoms with Gasteiger partial charge in [0, 0.05) is 19.5 Å². The molecule has 1 atom stereocenters. The zero-order chi connectivity index (χ0) is 12.6. The zero-order valence-electron chi connectivity index (χ0n) is 8.80. The van der Waals surface area contributed by atoms with Crippen molar-refractivity contribution in [2.24, 2.45) is 16.8 Å². The van der Waals surface area contributed by atoms with Crippen molar-refractivity contribution in [3.05, 3.63) is 0 Å². The highest BCUT2D eigenvalue weighted by molar-refractivity contribution is 5.83. The molecule has 1 unspecified atom stereocenters. The van der Waals surface area contributed by atoms with Crippen LogP contribution in [-0.4, -0.2) is 30.3 Å². The predicted octanol–water partition coefficient (Wildman–Crippen LogP) is 0.914. The van der Waals surface area contributed by atoms with Crippen molar-refractivity contribution in [2.45, 2.75) is 19.5 Å². The van der Waals surface area contributed by atoms with Crippen molar-refractivity contribution in [3.63, 3.8) is 0 Å². The molecule has 0 aromatic carbocycles. The van der Waals surface area contributed by atoms with E-state index in [0.29, 0.717) is 13.0 Å². The Morgan fingerprint density at radius 3 is 2.62 bits per heavy atom. The second-order valence-electron chi connectivity index (χ2n) is 3.00. The smallest absolute Gasteiger partial charge is 0.400 e. The highest BCUT2D eigenvalue weighted by Crippen LogP contribution is 2.25. The molecule has 0 saturated heterocycles. The summed E-state index contributed by atoms with van der Waals surface area (Å²) in [6, 6.07) is 0. The van der Waals surface area contributed by atoms with Gasteiger partial charge in [-0.15, -0.1) is 11.8 Å². The van der Waals surface area contributed by atoms with Crippen molar-refractivity contribution < 1.29 is 18.4 Å². The van der Waals surface area contributed by atoms with E-state index in [2.05, 4.69) is 22.3 Å². The van der Waals surface area contributed by atoms with Crippen LogP contribution in [0.5, 0.6) is 0 Å². The fourth-order valence-electron chi connectivity index (χ4n) is 0.980. The first kappa shape index (κ1) is 14.6. The van der Waals surface area contributed by atoms with Gasteiger partial charge in [-0.3, -0.25) is 0 Å². The van der Waals surface area contributed by atoms with E-state index in [1.807, 2.05) is 0 Å². The maximum Gasteiger partial charge on any atom is 0.400 e. The first-order valence-corrected chi connectivity index (χ1v) is 4.58. The summed E-state index contributed by atoms with van der Waals surface area (Å²) in [7, 11) is 0. The Balaban J connectivity index is 4.18. The fourth-order valence-corrected chi connectivity index (χ4v) is 0.980. The molecule has 92 valence electrons. The van der Waals surface area contributed by atoms with Crippen molar-refractivity contribution >= 4 is 5.84 Å². The Hall–Kier alpha value is -1.42. The van der Waals surface area contributed by atoms with E-state index in [0.717, 1.165) is 0 Å². The van der Waals surface area contributed by atoms with Gasteiger partial charge in [0.15, 0.2) is 5.84 Å². The zero-order valence-corrected chi connectivity index (χ0v) is 8.80. The van der Waals surface area contributed by atoms with Gasteiger partial charge >= 0.3 is 6.18 Å². The Morgan fingerprint density at radius 2 is 2.19 bits per heavy atom. The molecule has 0 rings (SSSR count). The monoisotopic (exact) mass is 237 g/mol. The average Bonchev–Trinajstić information content (AvgIpc) is 2.20. The molecule has 0 aliphatic heterocycles. The van der Waals surface area contributed by atoms with Crippen LogP contribution >= 0.6 is 0 Å². The number of rotatable bonds is 5. The maximum atomic E-state index is 12.4. The predicted molar refractivity (Wildman–Crippen MR) is 53.9 cm³/mol. The Kier molecular flexibility index (Phi) is 6.34. The molecular weight excluding hydrogens is 223 g/mol. The largest absolute Gasteiger partial charge is 0.409 e. The quantitative estimate of drug-likeness (QED) is 0.166. The van der Waals surface area contributed by atoms with E-state index in [-0.39, 0.29) is 0 Å². The van der Waals surface area contributed by atoms with Crippen LogP contribution in [-0.2, 0) is 0 Å². The number of amidine groups is 1. The molecule has 0 amide bonds. The van der Waals surface area contributed by atoms with Crippen molar-refractivity contribution in [1.29, 1.82) is 0 Å². The number of alkyl halides is 3. The van der Waals surface area contributed by atoms with Crippen LogP contribution in [0, 0.1) is 17.8 Å². The number of hydrogen-bond acceptors (Lipinski definition) is 3. The normalized spacial score (nSPS) is 14.1. The minimum atomic E-state index is -4.53. The van der Waals surface area contributed by atoms with Gasteiger partial charge in [0.1, 0.15) is 5.92 Å². The number of oxime groups is 1. The average molecular weight is 237 g/mol. The van der Waals surface area contributed by atoms with Crippen LogP contribution in [0.4, 0.5) is 13.2 Å². The number of nitrogens with one attached hydrogen (secondary N) is 1. The van der Waals surface area contributed by atoms with Crippen LogP contribution in [0.3, 0.4) is 0 Å². The lowest BCUT2D eigenvalue weighted by molar-refractivity contribution is -0.154. The van der Waals surface area contributed by atoms with Crippen LogP contribution < -0.4 is 11.1 Å². The lowest BCUT2D eigenvalue weighted by Crippen LogP contribution is -2.43. The standard InChI is InChI=1S/C9H14F3N3O/c1-2-3-4-5-14-6-7(8(13)15-16)9(10,11)12/h7,14,16H,4-6H2,1H3,(H2,13,15). The van der Waals surface area contributed by atoms with E-state index in [4.69, 9.17) is 10.9 Å². The number of hydrogen-bond donors (Lipinski definition) is 3. The van der Waals surface area contributed by atoms with Gasteiger partial charge in [-0.25, -0.2) is 0 Å². The first-order chi connectivity index (χ1) is 7.43.